The van der Waals surface area contributed by atoms with Crippen LogP contribution in [0.25, 0.3) is 21.3 Å². The number of alkyl halides is 3. The minimum absolute atomic E-state index is 0. The third-order valence-electron chi connectivity index (χ3n) is 5.72. The zero-order chi connectivity index (χ0) is 27.6. The van der Waals surface area contributed by atoms with Crippen LogP contribution in [-0.2, 0) is 11.0 Å². The maximum Gasteiger partial charge on any atom is 0.416 e. The van der Waals surface area contributed by atoms with Gasteiger partial charge < -0.3 is 15.7 Å². The molecule has 1 amide bonds. The number of anilines is 2. The van der Waals surface area contributed by atoms with Crippen LogP contribution in [0, 0.1) is 11.7 Å². The van der Waals surface area contributed by atoms with E-state index in [1.165, 1.54) is 30.3 Å². The molecule has 1 aromatic heterocycles. The molecule has 4 rings (SSSR count). The Hall–Kier alpha value is -3.99. The molecule has 0 unspecified atom stereocenters. The molecule has 6 nitrogen and oxygen atoms in total. The van der Waals surface area contributed by atoms with E-state index in [0.29, 0.717) is 27.8 Å². The Bertz CT molecular complexity index is 1480. The number of carboxylic acid groups (broad SMARTS) is 1. The summed E-state index contributed by atoms with van der Waals surface area (Å²) in [6.45, 7) is 3.73. The molecule has 3 aromatic carbocycles. The first-order valence-electron chi connectivity index (χ1n) is 11.6. The van der Waals surface area contributed by atoms with Crippen LogP contribution in [0.3, 0.4) is 0 Å². The summed E-state index contributed by atoms with van der Waals surface area (Å²) in [4.78, 5) is 28.1. The van der Waals surface area contributed by atoms with Gasteiger partial charge in [0, 0.05) is 5.56 Å². The van der Waals surface area contributed by atoms with Gasteiger partial charge in [-0.3, -0.25) is 4.79 Å². The first kappa shape index (κ1) is 29.6. The van der Waals surface area contributed by atoms with Crippen LogP contribution < -0.4 is 10.6 Å². The second-order valence-electron chi connectivity index (χ2n) is 9.09. The number of carbonyl (C=O) groups excluding carboxylic acids is 1. The summed E-state index contributed by atoms with van der Waals surface area (Å²) in [6, 6.07) is 13.0. The number of fused-ring (bicyclic) bond motifs is 1. The summed E-state index contributed by atoms with van der Waals surface area (Å²) in [7, 11) is 0. The van der Waals surface area contributed by atoms with Gasteiger partial charge in [-0.1, -0.05) is 50.8 Å². The number of halogens is 4. The number of aromatic nitrogens is 1. The first-order valence-corrected chi connectivity index (χ1v) is 12.4. The number of nitrogens with one attached hydrogen (secondary N) is 2. The monoisotopic (exact) mass is 561 g/mol. The van der Waals surface area contributed by atoms with Crippen molar-refractivity contribution < 1.29 is 32.3 Å². The fraction of sp³-hybridized carbons (Fsp3) is 0.250. The van der Waals surface area contributed by atoms with Gasteiger partial charge in [-0.2, -0.15) is 13.2 Å². The maximum absolute atomic E-state index is 14.9. The van der Waals surface area contributed by atoms with Gasteiger partial charge in [0.2, 0.25) is 0 Å². The minimum Gasteiger partial charge on any atom is -0.480 e. The number of rotatable bonds is 8. The van der Waals surface area contributed by atoms with E-state index in [1.807, 2.05) is 13.8 Å². The van der Waals surface area contributed by atoms with Crippen molar-refractivity contribution in [1.29, 1.82) is 0 Å². The molecule has 0 spiro atoms. The smallest absolute Gasteiger partial charge is 0.416 e. The summed E-state index contributed by atoms with van der Waals surface area (Å²) in [5.41, 5.74) is 1.12. The first-order chi connectivity index (χ1) is 17.9. The van der Waals surface area contributed by atoms with E-state index in [-0.39, 0.29) is 29.7 Å². The standard InChI is InChI=1S/C27H23F4N3O3S.CH4/c1-14(2)11-22(25(36)37)32-24(35)16-5-3-15(4-6-16)17-7-9-20(19(28)12-17)33-26-34-21-10-8-18(27(29,30)31)13-23(21)38-26;/h3-10,12-14,22H,11H2,1-2H3,(H,32,35)(H,33,34)(H,36,37);1H4/t22-;/m0./s1. The maximum atomic E-state index is 14.9. The van der Waals surface area contributed by atoms with E-state index >= 15 is 0 Å². The van der Waals surface area contributed by atoms with Crippen LogP contribution in [0.5, 0.6) is 0 Å². The summed E-state index contributed by atoms with van der Waals surface area (Å²) < 4.78 is 54.1. The van der Waals surface area contributed by atoms with Gasteiger partial charge in [-0.25, -0.2) is 14.2 Å². The van der Waals surface area contributed by atoms with Crippen LogP contribution in [0.1, 0.15) is 43.6 Å². The zero-order valence-corrected chi connectivity index (χ0v) is 21.1. The highest BCUT2D eigenvalue weighted by molar-refractivity contribution is 7.22. The van der Waals surface area contributed by atoms with Crippen molar-refractivity contribution in [2.75, 3.05) is 5.32 Å². The Kier molecular flexibility index (Phi) is 8.96. The average Bonchev–Trinajstić information content (AvgIpc) is 3.26. The van der Waals surface area contributed by atoms with Crippen LogP contribution in [0.4, 0.5) is 28.4 Å². The lowest BCUT2D eigenvalue weighted by Crippen LogP contribution is -2.41. The number of benzene rings is 3. The van der Waals surface area contributed by atoms with Gasteiger partial charge >= 0.3 is 12.1 Å². The number of carbonyl (C=O) groups is 2. The van der Waals surface area contributed by atoms with Crippen molar-refractivity contribution in [2.24, 2.45) is 5.92 Å². The molecule has 0 saturated carbocycles. The molecule has 1 heterocycles. The molecule has 0 bridgehead atoms. The molecule has 0 aliphatic rings. The van der Waals surface area contributed by atoms with Crippen LogP contribution in [0.15, 0.2) is 60.7 Å². The van der Waals surface area contributed by atoms with E-state index in [0.717, 1.165) is 23.5 Å². The largest absolute Gasteiger partial charge is 0.480 e. The molecule has 0 fully saturated rings. The zero-order valence-electron chi connectivity index (χ0n) is 20.3. The Morgan fingerprint density at radius 2 is 1.67 bits per heavy atom. The SMILES string of the molecule is C.CC(C)C[C@H](NC(=O)c1ccc(-c2ccc(Nc3nc4ccc(C(F)(F)F)cc4s3)c(F)c2)cc1)C(=O)O. The predicted octanol–water partition coefficient (Wildman–Crippen LogP) is 7.73. The highest BCUT2D eigenvalue weighted by Crippen LogP contribution is 2.35. The minimum atomic E-state index is -4.47. The van der Waals surface area contributed by atoms with E-state index in [4.69, 9.17) is 0 Å². The lowest BCUT2D eigenvalue weighted by molar-refractivity contribution is -0.140. The van der Waals surface area contributed by atoms with Gasteiger partial charge in [0.25, 0.3) is 5.91 Å². The number of amides is 1. The fourth-order valence-electron chi connectivity index (χ4n) is 3.81. The van der Waals surface area contributed by atoms with Crippen LogP contribution in [-0.4, -0.2) is 28.0 Å². The van der Waals surface area contributed by atoms with Crippen LogP contribution >= 0.6 is 11.3 Å². The van der Waals surface area contributed by atoms with E-state index in [9.17, 15) is 32.3 Å². The van der Waals surface area contributed by atoms with Crippen molar-refractivity contribution in [3.05, 3.63) is 77.6 Å². The molecular formula is C28H27F4N3O3S. The van der Waals surface area contributed by atoms with Crippen LogP contribution in [0.2, 0.25) is 0 Å². The Morgan fingerprint density at radius 3 is 2.26 bits per heavy atom. The van der Waals surface area contributed by atoms with E-state index in [2.05, 4.69) is 15.6 Å². The molecule has 0 aliphatic carbocycles. The van der Waals surface area contributed by atoms with Gasteiger partial charge in [-0.05, 0) is 65.9 Å². The highest BCUT2D eigenvalue weighted by atomic mass is 32.1. The molecule has 0 radical (unpaired) electrons. The average molecular weight is 562 g/mol. The Labute approximate surface area is 226 Å². The molecule has 11 heteroatoms. The van der Waals surface area contributed by atoms with Crippen molar-refractivity contribution in [1.82, 2.24) is 10.3 Å². The normalized spacial score (nSPS) is 12.2. The van der Waals surface area contributed by atoms with Crippen molar-refractivity contribution in [3.63, 3.8) is 0 Å². The van der Waals surface area contributed by atoms with E-state index < -0.39 is 35.5 Å². The summed E-state index contributed by atoms with van der Waals surface area (Å²) in [5, 5.41) is 14.9. The molecule has 0 aliphatic heterocycles. The summed E-state index contributed by atoms with van der Waals surface area (Å²) in [5.74, 6) is -2.14. The second-order valence-corrected chi connectivity index (χ2v) is 10.1. The second kappa shape index (κ2) is 11.8. The lowest BCUT2D eigenvalue weighted by atomic mass is 10.0. The molecule has 4 aromatic rings. The summed E-state index contributed by atoms with van der Waals surface area (Å²) in [6.07, 6.45) is -4.17. The van der Waals surface area contributed by atoms with Gasteiger partial charge in [0.1, 0.15) is 11.9 Å². The topological polar surface area (TPSA) is 91.3 Å². The number of carboxylic acids is 1. The molecule has 206 valence electrons. The molecule has 1 atom stereocenters. The van der Waals surface area contributed by atoms with Gasteiger partial charge in [0.15, 0.2) is 5.13 Å². The molecule has 0 saturated heterocycles. The van der Waals surface area contributed by atoms with E-state index in [1.54, 1.807) is 18.2 Å². The fourth-order valence-corrected chi connectivity index (χ4v) is 4.73. The van der Waals surface area contributed by atoms with Crippen molar-refractivity contribution in [3.8, 4) is 11.1 Å². The Balaban J connectivity index is 0.00000420. The lowest BCUT2D eigenvalue weighted by Gasteiger charge is -2.16. The van der Waals surface area contributed by atoms with Crippen molar-refractivity contribution >= 4 is 44.2 Å². The van der Waals surface area contributed by atoms with Crippen molar-refractivity contribution in [2.45, 2.75) is 39.9 Å². The third-order valence-corrected chi connectivity index (χ3v) is 6.65. The van der Waals surface area contributed by atoms with Gasteiger partial charge in [-0.15, -0.1) is 0 Å². The quantitative estimate of drug-likeness (QED) is 0.192. The third kappa shape index (κ3) is 7.11. The molecule has 3 N–H and O–H groups in total. The number of hydrogen-bond donors (Lipinski definition) is 3. The summed E-state index contributed by atoms with van der Waals surface area (Å²) >= 11 is 0.981. The Morgan fingerprint density at radius 1 is 1.00 bits per heavy atom. The number of hydrogen-bond acceptors (Lipinski definition) is 5. The predicted molar refractivity (Wildman–Crippen MR) is 145 cm³/mol. The molecule has 39 heavy (non-hydrogen) atoms. The molecular weight excluding hydrogens is 534 g/mol. The number of aliphatic carboxylic acids is 1. The van der Waals surface area contributed by atoms with Gasteiger partial charge in [0.05, 0.1) is 21.5 Å². The highest BCUT2D eigenvalue weighted by Gasteiger charge is 2.30. The number of nitrogens with zero attached hydrogens (tertiary/aromatic N) is 1. The number of thiazole rings is 1.